The molecule has 31 heavy (non-hydrogen) atoms. The number of ether oxygens (including phenoxy) is 2. The van der Waals surface area contributed by atoms with Gasteiger partial charge in [0, 0.05) is 6.04 Å². The molecule has 2 heterocycles. The van der Waals surface area contributed by atoms with Crippen LogP contribution < -0.4 is 4.74 Å². The molecule has 2 unspecified atom stereocenters. The van der Waals surface area contributed by atoms with Crippen molar-refractivity contribution in [3.8, 4) is 11.5 Å². The molecule has 0 aromatic heterocycles. The molecule has 2 aliphatic heterocycles. The Morgan fingerprint density at radius 1 is 0.839 bits per heavy atom. The van der Waals surface area contributed by atoms with Crippen LogP contribution in [-0.4, -0.2) is 23.1 Å². The molecule has 0 N–H and O–H groups in total. The van der Waals surface area contributed by atoms with E-state index in [2.05, 4.69) is 18.2 Å². The van der Waals surface area contributed by atoms with Gasteiger partial charge in [0.05, 0.1) is 6.04 Å². The van der Waals surface area contributed by atoms with Crippen LogP contribution in [0.1, 0.15) is 30.4 Å². The number of hydrogen-bond acceptors (Lipinski definition) is 3. The Kier molecular flexibility index (Phi) is 5.44. The van der Waals surface area contributed by atoms with Gasteiger partial charge in [-0.3, -0.25) is 4.90 Å². The fraction of sp³-hybridized carbons (Fsp3) is 0.222. The van der Waals surface area contributed by atoms with Crippen molar-refractivity contribution >= 4 is 11.7 Å². The summed E-state index contributed by atoms with van der Waals surface area (Å²) >= 11 is 0. The molecule has 2 atom stereocenters. The van der Waals surface area contributed by atoms with Gasteiger partial charge in [0.25, 0.3) is 0 Å². The average molecular weight is 412 g/mol. The number of hydrogen-bond donors (Lipinski definition) is 0. The molecule has 2 aliphatic rings. The number of benzene rings is 3. The van der Waals surface area contributed by atoms with Crippen LogP contribution in [0, 0.1) is 0 Å². The lowest BCUT2D eigenvalue weighted by Gasteiger charge is -2.33. The molecular weight excluding hydrogens is 386 g/mol. The van der Waals surface area contributed by atoms with E-state index in [1.807, 2.05) is 77.7 Å². The van der Waals surface area contributed by atoms with E-state index in [0.717, 1.165) is 36.3 Å². The lowest BCUT2D eigenvalue weighted by Crippen LogP contribution is -2.43. The fourth-order valence-electron chi connectivity index (χ4n) is 4.48. The van der Waals surface area contributed by atoms with Gasteiger partial charge in [-0.05, 0) is 60.2 Å². The number of amides is 1. The van der Waals surface area contributed by atoms with Crippen molar-refractivity contribution in [3.63, 3.8) is 0 Å². The standard InChI is InChI=1S/C27H25NO3/c29-27(30-19-20-7-3-1-4-8-20)28-23-13-14-24(28)18-22(17-23)21-11-15-26(16-12-21)31-25-9-5-2-6-10-25/h1-12,15-17,23-24H,13-14,18-19H2. The molecule has 3 aromatic carbocycles. The predicted molar refractivity (Wildman–Crippen MR) is 121 cm³/mol. The highest BCUT2D eigenvalue weighted by Crippen LogP contribution is 2.39. The maximum atomic E-state index is 12.8. The summed E-state index contributed by atoms with van der Waals surface area (Å²) in [4.78, 5) is 14.7. The zero-order valence-corrected chi connectivity index (χ0v) is 17.3. The zero-order chi connectivity index (χ0) is 21.0. The van der Waals surface area contributed by atoms with Crippen LogP contribution >= 0.6 is 0 Å². The topological polar surface area (TPSA) is 38.8 Å². The van der Waals surface area contributed by atoms with E-state index in [1.165, 1.54) is 11.1 Å². The second kappa shape index (κ2) is 8.68. The van der Waals surface area contributed by atoms with Crippen LogP contribution in [-0.2, 0) is 11.3 Å². The van der Waals surface area contributed by atoms with Gasteiger partial charge in [0.1, 0.15) is 18.1 Å². The molecule has 4 nitrogen and oxygen atoms in total. The Balaban J connectivity index is 1.25. The van der Waals surface area contributed by atoms with Crippen LogP contribution in [0.4, 0.5) is 4.79 Å². The summed E-state index contributed by atoms with van der Waals surface area (Å²) < 4.78 is 11.5. The summed E-state index contributed by atoms with van der Waals surface area (Å²) in [6.45, 7) is 0.315. The second-order valence-corrected chi connectivity index (χ2v) is 8.08. The minimum absolute atomic E-state index is 0.109. The molecule has 156 valence electrons. The van der Waals surface area contributed by atoms with Gasteiger partial charge >= 0.3 is 6.09 Å². The average Bonchev–Trinajstić information content (AvgIpc) is 3.09. The molecule has 1 saturated heterocycles. The van der Waals surface area contributed by atoms with Crippen molar-refractivity contribution in [1.29, 1.82) is 0 Å². The quantitative estimate of drug-likeness (QED) is 0.485. The smallest absolute Gasteiger partial charge is 0.410 e. The maximum absolute atomic E-state index is 12.8. The third-order valence-corrected chi connectivity index (χ3v) is 6.02. The first-order valence-electron chi connectivity index (χ1n) is 10.8. The molecule has 3 aromatic rings. The number of carbonyl (C=O) groups is 1. The molecule has 0 spiro atoms. The Hall–Kier alpha value is -3.53. The highest BCUT2D eigenvalue weighted by Gasteiger charge is 2.40. The third kappa shape index (κ3) is 4.33. The first-order chi connectivity index (χ1) is 15.3. The summed E-state index contributed by atoms with van der Waals surface area (Å²) in [7, 11) is 0. The minimum atomic E-state index is -0.210. The Morgan fingerprint density at radius 3 is 2.23 bits per heavy atom. The van der Waals surface area contributed by atoms with Crippen LogP contribution in [0.3, 0.4) is 0 Å². The summed E-state index contributed by atoms with van der Waals surface area (Å²) in [5.41, 5.74) is 3.50. The zero-order valence-electron chi connectivity index (χ0n) is 17.3. The Bertz CT molecular complexity index is 1060. The second-order valence-electron chi connectivity index (χ2n) is 8.08. The lowest BCUT2D eigenvalue weighted by molar-refractivity contribution is 0.0832. The number of nitrogens with zero attached hydrogens (tertiary/aromatic N) is 1. The van der Waals surface area contributed by atoms with Crippen LogP contribution in [0.5, 0.6) is 11.5 Å². The SMILES string of the molecule is O=C(OCc1ccccc1)N1C2C=C(c3ccc(Oc4ccccc4)cc3)CC1CC2. The number of fused-ring (bicyclic) bond motifs is 2. The minimum Gasteiger partial charge on any atom is -0.457 e. The van der Waals surface area contributed by atoms with Gasteiger partial charge in [-0.2, -0.15) is 0 Å². The largest absolute Gasteiger partial charge is 0.457 e. The van der Waals surface area contributed by atoms with Crippen LogP contribution in [0.25, 0.3) is 5.57 Å². The van der Waals surface area contributed by atoms with E-state index in [0.29, 0.717) is 6.61 Å². The molecule has 5 rings (SSSR count). The summed E-state index contributed by atoms with van der Waals surface area (Å²) in [5.74, 6) is 1.65. The van der Waals surface area contributed by atoms with E-state index in [1.54, 1.807) is 0 Å². The first kappa shape index (κ1) is 19.4. The summed E-state index contributed by atoms with van der Waals surface area (Å²) in [5, 5.41) is 0. The van der Waals surface area contributed by atoms with Crippen molar-refractivity contribution in [2.75, 3.05) is 0 Å². The number of rotatable bonds is 5. The van der Waals surface area contributed by atoms with Gasteiger partial charge in [-0.15, -0.1) is 0 Å². The third-order valence-electron chi connectivity index (χ3n) is 6.02. The number of para-hydroxylation sites is 1. The van der Waals surface area contributed by atoms with Crippen molar-refractivity contribution in [2.45, 2.75) is 38.0 Å². The maximum Gasteiger partial charge on any atom is 0.410 e. The predicted octanol–water partition coefficient (Wildman–Crippen LogP) is 6.44. The van der Waals surface area contributed by atoms with E-state index < -0.39 is 0 Å². The van der Waals surface area contributed by atoms with Crippen LogP contribution in [0.15, 0.2) is 91.0 Å². The van der Waals surface area contributed by atoms with E-state index in [4.69, 9.17) is 9.47 Å². The van der Waals surface area contributed by atoms with Crippen molar-refractivity contribution < 1.29 is 14.3 Å². The molecule has 1 amide bonds. The van der Waals surface area contributed by atoms with E-state index in [-0.39, 0.29) is 18.2 Å². The first-order valence-corrected chi connectivity index (χ1v) is 10.8. The normalized spacial score (nSPS) is 19.6. The van der Waals surface area contributed by atoms with Crippen molar-refractivity contribution in [2.24, 2.45) is 0 Å². The Labute approximate surface area is 182 Å². The van der Waals surface area contributed by atoms with Gasteiger partial charge in [0.2, 0.25) is 0 Å². The molecular formula is C27H25NO3. The fourth-order valence-corrected chi connectivity index (χ4v) is 4.48. The molecule has 0 saturated carbocycles. The highest BCUT2D eigenvalue weighted by atomic mass is 16.6. The van der Waals surface area contributed by atoms with Gasteiger partial charge in [-0.1, -0.05) is 66.7 Å². The number of carbonyl (C=O) groups excluding carboxylic acids is 1. The van der Waals surface area contributed by atoms with E-state index >= 15 is 0 Å². The molecule has 4 heteroatoms. The van der Waals surface area contributed by atoms with Crippen molar-refractivity contribution in [3.05, 3.63) is 102 Å². The van der Waals surface area contributed by atoms with Crippen molar-refractivity contribution in [1.82, 2.24) is 4.90 Å². The highest BCUT2D eigenvalue weighted by molar-refractivity contribution is 5.75. The lowest BCUT2D eigenvalue weighted by atomic mass is 9.95. The molecule has 0 aliphatic carbocycles. The molecule has 1 fully saturated rings. The summed E-state index contributed by atoms with van der Waals surface area (Å²) in [6.07, 6.45) is 4.89. The van der Waals surface area contributed by atoms with E-state index in [9.17, 15) is 4.79 Å². The van der Waals surface area contributed by atoms with Gasteiger partial charge in [-0.25, -0.2) is 4.79 Å². The Morgan fingerprint density at radius 2 is 1.52 bits per heavy atom. The van der Waals surface area contributed by atoms with Gasteiger partial charge in [0.15, 0.2) is 0 Å². The molecule has 2 bridgehead atoms. The van der Waals surface area contributed by atoms with Gasteiger partial charge < -0.3 is 9.47 Å². The monoisotopic (exact) mass is 411 g/mol. The molecule has 0 radical (unpaired) electrons. The summed E-state index contributed by atoms with van der Waals surface area (Å²) in [6, 6.07) is 28.1. The van der Waals surface area contributed by atoms with Crippen LogP contribution in [0.2, 0.25) is 0 Å².